The number of morpholine rings is 1. The van der Waals surface area contributed by atoms with Gasteiger partial charge in [0.1, 0.15) is 15.7 Å². The van der Waals surface area contributed by atoms with Crippen molar-refractivity contribution in [1.29, 1.82) is 0 Å². The van der Waals surface area contributed by atoms with E-state index in [0.717, 1.165) is 74.2 Å². The minimum absolute atomic E-state index is 0.123. The average Bonchev–Trinajstić information content (AvgIpc) is 3.44. The molecule has 0 unspecified atom stereocenters. The number of ether oxygens (including phenoxy) is 1. The van der Waals surface area contributed by atoms with Gasteiger partial charge in [-0.2, -0.15) is 0 Å². The van der Waals surface area contributed by atoms with Crippen LogP contribution in [0.1, 0.15) is 41.9 Å². The first-order valence-electron chi connectivity index (χ1n) is 10.3. The number of fused-ring (bicyclic) bond motifs is 3. The van der Waals surface area contributed by atoms with Gasteiger partial charge in [-0.3, -0.25) is 9.69 Å². The smallest absolute Gasteiger partial charge is 0.230 e. The minimum atomic E-state index is 0.123. The highest BCUT2D eigenvalue weighted by atomic mass is 32.2. The van der Waals surface area contributed by atoms with E-state index in [0.29, 0.717) is 11.8 Å². The molecule has 2 fully saturated rings. The molecule has 3 aliphatic rings. The van der Waals surface area contributed by atoms with E-state index in [4.69, 9.17) is 14.7 Å². The molecule has 2 aliphatic carbocycles. The van der Waals surface area contributed by atoms with Crippen LogP contribution < -0.4 is 5.32 Å². The van der Waals surface area contributed by atoms with Crippen molar-refractivity contribution in [3.8, 4) is 0 Å². The Morgan fingerprint density at radius 2 is 2.04 bits per heavy atom. The second-order valence-corrected chi connectivity index (χ2v) is 9.90. The predicted octanol–water partition coefficient (Wildman–Crippen LogP) is 2.77. The lowest BCUT2D eigenvalue weighted by atomic mass is 9.97. The number of carbonyl (C=O) groups excluding carboxylic acids is 1. The lowest BCUT2D eigenvalue weighted by molar-refractivity contribution is -0.118. The molecule has 8 heteroatoms. The number of thioether (sulfide) groups is 1. The highest BCUT2D eigenvalue weighted by molar-refractivity contribution is 8.00. The van der Waals surface area contributed by atoms with Crippen molar-refractivity contribution < 1.29 is 9.53 Å². The standard InChI is InChI=1S/C20H26N4O2S2/c25-17(21-13-5-6-13)12-27-19-18-14-3-1-2-4-15(14)28-20(18)23-16(22-19)11-24-7-9-26-10-8-24/h13H,1-12H2,(H,21,25). The zero-order chi connectivity index (χ0) is 18.9. The monoisotopic (exact) mass is 418 g/mol. The Morgan fingerprint density at radius 1 is 1.21 bits per heavy atom. The maximum absolute atomic E-state index is 12.2. The van der Waals surface area contributed by atoms with Crippen molar-refractivity contribution in [1.82, 2.24) is 20.2 Å². The van der Waals surface area contributed by atoms with Crippen molar-refractivity contribution in [2.24, 2.45) is 0 Å². The first kappa shape index (κ1) is 18.8. The van der Waals surface area contributed by atoms with Gasteiger partial charge in [0.05, 0.1) is 25.5 Å². The number of amides is 1. The van der Waals surface area contributed by atoms with Gasteiger partial charge < -0.3 is 10.1 Å². The zero-order valence-electron chi connectivity index (χ0n) is 16.0. The molecule has 1 saturated carbocycles. The first-order valence-corrected chi connectivity index (χ1v) is 12.1. The van der Waals surface area contributed by atoms with Gasteiger partial charge in [-0.05, 0) is 44.1 Å². The third-order valence-corrected chi connectivity index (χ3v) is 7.74. The largest absolute Gasteiger partial charge is 0.379 e. The summed E-state index contributed by atoms with van der Waals surface area (Å²) in [5, 5.41) is 5.30. The fourth-order valence-corrected chi connectivity index (χ4v) is 6.16. The molecule has 1 saturated heterocycles. The third kappa shape index (κ3) is 4.20. The normalized spacial score (nSPS) is 20.3. The van der Waals surface area contributed by atoms with Crippen LogP contribution in [0.15, 0.2) is 5.03 Å². The van der Waals surface area contributed by atoms with E-state index in [1.54, 1.807) is 11.8 Å². The molecule has 6 nitrogen and oxygen atoms in total. The van der Waals surface area contributed by atoms with Crippen molar-refractivity contribution >= 4 is 39.2 Å². The van der Waals surface area contributed by atoms with Crippen LogP contribution in [0.25, 0.3) is 10.2 Å². The average molecular weight is 419 g/mol. The number of aromatic nitrogens is 2. The summed E-state index contributed by atoms with van der Waals surface area (Å²) in [4.78, 5) is 27.0. The van der Waals surface area contributed by atoms with Crippen LogP contribution in [-0.2, 0) is 28.9 Å². The van der Waals surface area contributed by atoms with Crippen LogP contribution in [0.2, 0.25) is 0 Å². The second-order valence-electron chi connectivity index (χ2n) is 7.86. The molecule has 2 aromatic rings. The molecular formula is C20H26N4O2S2. The second kappa shape index (κ2) is 8.26. The lowest BCUT2D eigenvalue weighted by Crippen LogP contribution is -2.36. The van der Waals surface area contributed by atoms with Gasteiger partial charge >= 0.3 is 0 Å². The van der Waals surface area contributed by atoms with Crippen molar-refractivity contribution in [2.75, 3.05) is 32.1 Å². The quantitative estimate of drug-likeness (QED) is 0.575. The summed E-state index contributed by atoms with van der Waals surface area (Å²) in [6.07, 6.45) is 7.01. The lowest BCUT2D eigenvalue weighted by Gasteiger charge is -2.25. The van der Waals surface area contributed by atoms with Gasteiger partial charge in [0.15, 0.2) is 0 Å². The van der Waals surface area contributed by atoms with E-state index in [-0.39, 0.29) is 5.91 Å². The molecule has 28 heavy (non-hydrogen) atoms. The number of nitrogens with one attached hydrogen (secondary N) is 1. The van der Waals surface area contributed by atoms with E-state index in [9.17, 15) is 4.79 Å². The summed E-state index contributed by atoms with van der Waals surface area (Å²) in [6.45, 7) is 4.16. The maximum atomic E-state index is 12.2. The van der Waals surface area contributed by atoms with Crippen molar-refractivity contribution in [2.45, 2.75) is 56.1 Å². The van der Waals surface area contributed by atoms with E-state index < -0.39 is 0 Å². The molecular weight excluding hydrogens is 392 g/mol. The van der Waals surface area contributed by atoms with Gasteiger partial charge in [-0.1, -0.05) is 11.8 Å². The van der Waals surface area contributed by atoms with Crippen molar-refractivity contribution in [3.63, 3.8) is 0 Å². The summed E-state index contributed by atoms with van der Waals surface area (Å²) in [6, 6.07) is 0.407. The van der Waals surface area contributed by atoms with Crippen LogP contribution in [0.3, 0.4) is 0 Å². The van der Waals surface area contributed by atoms with E-state index >= 15 is 0 Å². The molecule has 1 aliphatic heterocycles. The maximum Gasteiger partial charge on any atom is 0.230 e. The van der Waals surface area contributed by atoms with E-state index in [1.165, 1.54) is 28.7 Å². The Bertz CT molecular complexity index is 875. The number of aryl methyl sites for hydroxylation is 2. The number of rotatable bonds is 6. The van der Waals surface area contributed by atoms with Gasteiger partial charge in [0, 0.05) is 29.4 Å². The molecule has 150 valence electrons. The van der Waals surface area contributed by atoms with Crippen LogP contribution in [0.5, 0.6) is 0 Å². The van der Waals surface area contributed by atoms with E-state index in [2.05, 4.69) is 10.2 Å². The first-order chi connectivity index (χ1) is 13.8. The molecule has 3 heterocycles. The summed E-state index contributed by atoms with van der Waals surface area (Å²) < 4.78 is 5.46. The molecule has 1 N–H and O–H groups in total. The molecule has 0 atom stereocenters. The topological polar surface area (TPSA) is 67.4 Å². The predicted molar refractivity (Wildman–Crippen MR) is 112 cm³/mol. The van der Waals surface area contributed by atoms with Gasteiger partial charge in [0.2, 0.25) is 5.91 Å². The molecule has 0 radical (unpaired) electrons. The van der Waals surface area contributed by atoms with Crippen molar-refractivity contribution in [3.05, 3.63) is 16.3 Å². The van der Waals surface area contributed by atoms with Crippen LogP contribution >= 0.6 is 23.1 Å². The summed E-state index contributed by atoms with van der Waals surface area (Å²) in [7, 11) is 0. The molecule has 2 aromatic heterocycles. The van der Waals surface area contributed by atoms with Gasteiger partial charge in [-0.25, -0.2) is 9.97 Å². The Hall–Kier alpha value is -1.22. The Morgan fingerprint density at radius 3 is 2.86 bits per heavy atom. The molecule has 1 amide bonds. The SMILES string of the molecule is O=C(CSc1nc(CN2CCOCC2)nc2sc3c(c12)CCCC3)NC1CC1. The highest BCUT2D eigenvalue weighted by Crippen LogP contribution is 2.39. The fourth-order valence-electron chi connectivity index (χ4n) is 3.93. The van der Waals surface area contributed by atoms with Gasteiger partial charge in [0.25, 0.3) is 0 Å². The number of carbonyl (C=O) groups is 1. The fraction of sp³-hybridized carbons (Fsp3) is 0.650. The highest BCUT2D eigenvalue weighted by Gasteiger charge is 2.25. The van der Waals surface area contributed by atoms with Crippen LogP contribution in [0, 0.1) is 0 Å². The van der Waals surface area contributed by atoms with E-state index in [1.807, 2.05) is 11.3 Å². The Balaban J connectivity index is 1.42. The molecule has 5 rings (SSSR count). The number of thiophene rings is 1. The summed E-state index contributed by atoms with van der Waals surface area (Å²) >= 11 is 3.42. The molecule has 0 bridgehead atoms. The summed E-state index contributed by atoms with van der Waals surface area (Å²) in [5.41, 5.74) is 1.44. The molecule has 0 spiro atoms. The van der Waals surface area contributed by atoms with Crippen LogP contribution in [0.4, 0.5) is 0 Å². The zero-order valence-corrected chi connectivity index (χ0v) is 17.7. The number of hydrogen-bond donors (Lipinski definition) is 1. The Kier molecular flexibility index (Phi) is 5.54. The third-order valence-electron chi connectivity index (χ3n) is 5.58. The van der Waals surface area contributed by atoms with Crippen LogP contribution in [-0.4, -0.2) is 58.9 Å². The summed E-state index contributed by atoms with van der Waals surface area (Å²) in [5.74, 6) is 1.43. The Labute approximate surface area is 173 Å². The number of nitrogens with zero attached hydrogens (tertiary/aromatic N) is 3. The molecule has 0 aromatic carbocycles. The minimum Gasteiger partial charge on any atom is -0.379 e. The number of hydrogen-bond acceptors (Lipinski definition) is 7. The van der Waals surface area contributed by atoms with Gasteiger partial charge in [-0.15, -0.1) is 11.3 Å².